The molecule has 0 saturated carbocycles. The van der Waals surface area contributed by atoms with Crippen LogP contribution >= 0.6 is 11.8 Å². The Kier molecular flexibility index (Phi) is 21.1. The molecule has 2 fully saturated rings. The molecule has 0 aliphatic carbocycles. The summed E-state index contributed by atoms with van der Waals surface area (Å²) in [6, 6.07) is 4.49. The van der Waals surface area contributed by atoms with Gasteiger partial charge in [0.2, 0.25) is 17.7 Å². The first-order chi connectivity index (χ1) is 24.8. The van der Waals surface area contributed by atoms with E-state index in [9.17, 15) is 23.6 Å². The van der Waals surface area contributed by atoms with Gasteiger partial charge in [-0.3, -0.25) is 14.4 Å². The maximum atomic E-state index is 13.6. The molecule has 1 aromatic carbocycles. The summed E-state index contributed by atoms with van der Waals surface area (Å²) in [6.07, 6.45) is 4.55. The molecule has 1 aromatic rings. The van der Waals surface area contributed by atoms with E-state index in [1.165, 1.54) is 12.1 Å². The van der Waals surface area contributed by atoms with E-state index < -0.39 is 5.82 Å². The van der Waals surface area contributed by atoms with Gasteiger partial charge < -0.3 is 56.0 Å². The monoisotopic (exact) mass is 742 g/mol. The Hall–Kier alpha value is -3.38. The number of ether oxygens (including phenoxy) is 5. The maximum Gasteiger partial charge on any atom is 0.315 e. The van der Waals surface area contributed by atoms with Crippen molar-refractivity contribution in [2.24, 2.45) is 0 Å². The Bertz CT molecular complexity index is 1200. The number of thioether (sulfide) groups is 1. The summed E-state index contributed by atoms with van der Waals surface area (Å²) < 4.78 is 40.9. The van der Waals surface area contributed by atoms with Crippen molar-refractivity contribution in [1.82, 2.24) is 26.6 Å². The van der Waals surface area contributed by atoms with E-state index in [0.29, 0.717) is 89.5 Å². The Morgan fingerprint density at radius 3 is 1.96 bits per heavy atom. The van der Waals surface area contributed by atoms with Gasteiger partial charge in [0.15, 0.2) is 11.6 Å². The minimum Gasteiger partial charge on any atom is -0.488 e. The van der Waals surface area contributed by atoms with E-state index in [0.717, 1.165) is 25.0 Å². The first-order valence-electron chi connectivity index (χ1n) is 17.8. The zero-order valence-electron chi connectivity index (χ0n) is 29.4. The highest BCUT2D eigenvalue weighted by atomic mass is 32.2. The number of nitrogen functional groups attached to an aromatic ring is 1. The molecule has 3 atom stereocenters. The summed E-state index contributed by atoms with van der Waals surface area (Å²) in [5.74, 6) is 0.274. The molecule has 2 saturated heterocycles. The summed E-state index contributed by atoms with van der Waals surface area (Å²) in [6.45, 7) is 4.95. The Labute approximate surface area is 303 Å². The fourth-order valence-electron chi connectivity index (χ4n) is 5.34. The van der Waals surface area contributed by atoms with Crippen LogP contribution in [0.4, 0.5) is 14.9 Å². The third kappa shape index (κ3) is 18.6. The molecule has 0 bridgehead atoms. The standard InChI is InChI=1S/C34H55FN6O9S/c35-26-23-25(36)9-10-28(26)50-22-21-48-16-13-39-32(44)8-2-7-31(43)38-12-4-15-47-18-20-49-19-17-46-14-3-11-37-30(42)6-1-5-29-33-27(24-51-29)40-34(45)41-33/h9-10,23,27,29,33H,1-8,11-22,24,36H2,(H,37,42)(H,38,43)(H,39,44)(H2,40,41,45)/t27-,29-,33-/m1/s1. The van der Waals surface area contributed by atoms with Crippen LogP contribution in [0, 0.1) is 5.82 Å². The number of fused-ring (bicyclic) bond motifs is 1. The van der Waals surface area contributed by atoms with Gasteiger partial charge in [-0.1, -0.05) is 0 Å². The number of rotatable bonds is 29. The van der Waals surface area contributed by atoms with Gasteiger partial charge in [0.25, 0.3) is 0 Å². The van der Waals surface area contributed by atoms with Gasteiger partial charge in [0.1, 0.15) is 6.61 Å². The van der Waals surface area contributed by atoms with Gasteiger partial charge in [-0.2, -0.15) is 11.8 Å². The highest BCUT2D eigenvalue weighted by Gasteiger charge is 2.42. The number of nitrogens with one attached hydrogen (secondary N) is 5. The van der Waals surface area contributed by atoms with Crippen LogP contribution in [-0.4, -0.2) is 126 Å². The number of hydrogen-bond acceptors (Lipinski definition) is 11. The summed E-state index contributed by atoms with van der Waals surface area (Å²) >= 11 is 1.86. The average molecular weight is 743 g/mol. The van der Waals surface area contributed by atoms with Crippen molar-refractivity contribution in [2.75, 3.05) is 90.6 Å². The number of benzene rings is 1. The van der Waals surface area contributed by atoms with Crippen LogP contribution in [0.1, 0.15) is 51.4 Å². The minimum absolute atomic E-state index is 0.0438. The first kappa shape index (κ1) is 42.0. The summed E-state index contributed by atoms with van der Waals surface area (Å²) in [5, 5.41) is 14.8. The quantitative estimate of drug-likeness (QED) is 0.0395. The molecule has 0 unspecified atom stereocenters. The van der Waals surface area contributed by atoms with Gasteiger partial charge in [-0.25, -0.2) is 9.18 Å². The lowest BCUT2D eigenvalue weighted by Crippen LogP contribution is -2.37. The van der Waals surface area contributed by atoms with E-state index >= 15 is 0 Å². The van der Waals surface area contributed by atoms with Crippen LogP contribution in [0.2, 0.25) is 0 Å². The fourth-order valence-corrected chi connectivity index (χ4v) is 6.88. The minimum atomic E-state index is -0.532. The van der Waals surface area contributed by atoms with Crippen LogP contribution in [0.15, 0.2) is 18.2 Å². The molecule has 0 spiro atoms. The largest absolute Gasteiger partial charge is 0.488 e. The van der Waals surface area contributed by atoms with Crippen molar-refractivity contribution in [3.8, 4) is 5.75 Å². The van der Waals surface area contributed by atoms with Crippen molar-refractivity contribution < 1.29 is 47.3 Å². The SMILES string of the molecule is Nc1ccc(OCCOCCNC(=O)CCCC(=O)NCCCOCCOCCOCCCNC(=O)CCC[C@H]2SC[C@H]3NC(=O)N[C@H]32)c(F)c1. The normalized spacial score (nSPS) is 17.7. The van der Waals surface area contributed by atoms with Crippen LogP contribution in [0.5, 0.6) is 5.75 Å². The molecule has 15 nitrogen and oxygen atoms in total. The summed E-state index contributed by atoms with van der Waals surface area (Å²) in [4.78, 5) is 47.5. The second-order valence-corrected chi connectivity index (χ2v) is 13.4. The number of carbonyl (C=O) groups is 4. The lowest BCUT2D eigenvalue weighted by Gasteiger charge is -2.16. The Morgan fingerprint density at radius 2 is 1.31 bits per heavy atom. The molecule has 5 amide bonds. The smallest absolute Gasteiger partial charge is 0.315 e. The molecule has 2 aliphatic rings. The summed E-state index contributed by atoms with van der Waals surface area (Å²) in [7, 11) is 0. The van der Waals surface area contributed by atoms with E-state index in [1.54, 1.807) is 6.07 Å². The van der Waals surface area contributed by atoms with Gasteiger partial charge in [0, 0.05) is 74.9 Å². The van der Waals surface area contributed by atoms with E-state index in [-0.39, 0.29) is 74.2 Å². The number of nitrogens with two attached hydrogens (primary N) is 1. The Balaban J connectivity index is 0.978. The van der Waals surface area contributed by atoms with Gasteiger partial charge in [0.05, 0.1) is 51.7 Å². The fraction of sp³-hybridized carbons (Fsp3) is 0.706. The molecule has 288 valence electrons. The van der Waals surface area contributed by atoms with Crippen molar-refractivity contribution >= 4 is 41.2 Å². The zero-order chi connectivity index (χ0) is 36.5. The van der Waals surface area contributed by atoms with Crippen LogP contribution < -0.4 is 37.1 Å². The highest BCUT2D eigenvalue weighted by Crippen LogP contribution is 2.33. The number of anilines is 1. The second kappa shape index (κ2) is 25.6. The molecule has 17 heteroatoms. The van der Waals surface area contributed by atoms with Crippen molar-refractivity contribution in [2.45, 2.75) is 68.7 Å². The number of carbonyl (C=O) groups excluding carboxylic acids is 4. The molecular weight excluding hydrogens is 687 g/mol. The third-order valence-corrected chi connectivity index (χ3v) is 9.48. The molecule has 51 heavy (non-hydrogen) atoms. The lowest BCUT2D eigenvalue weighted by atomic mass is 10.0. The van der Waals surface area contributed by atoms with Crippen molar-refractivity contribution in [1.29, 1.82) is 0 Å². The highest BCUT2D eigenvalue weighted by molar-refractivity contribution is 8.00. The van der Waals surface area contributed by atoms with Crippen LogP contribution in [-0.2, 0) is 33.3 Å². The molecule has 7 N–H and O–H groups in total. The van der Waals surface area contributed by atoms with Gasteiger partial charge in [-0.15, -0.1) is 0 Å². The topological polar surface area (TPSA) is 201 Å². The van der Waals surface area contributed by atoms with E-state index in [4.69, 9.17) is 29.4 Å². The average Bonchev–Trinajstić information content (AvgIpc) is 3.66. The van der Waals surface area contributed by atoms with E-state index in [1.807, 2.05) is 11.8 Å². The number of amides is 5. The van der Waals surface area contributed by atoms with Crippen molar-refractivity contribution in [3.05, 3.63) is 24.0 Å². The predicted octanol–water partition coefficient (Wildman–Crippen LogP) is 1.49. The van der Waals surface area contributed by atoms with E-state index in [2.05, 4.69) is 26.6 Å². The first-order valence-corrected chi connectivity index (χ1v) is 18.8. The molecular formula is C34H55FN6O9S. The molecule has 2 aliphatic heterocycles. The molecule has 0 radical (unpaired) electrons. The summed E-state index contributed by atoms with van der Waals surface area (Å²) in [5.41, 5.74) is 5.82. The number of urea groups is 1. The molecule has 3 rings (SSSR count). The zero-order valence-corrected chi connectivity index (χ0v) is 30.2. The second-order valence-electron chi connectivity index (χ2n) is 12.1. The van der Waals surface area contributed by atoms with Crippen LogP contribution in [0.25, 0.3) is 0 Å². The molecule has 0 aromatic heterocycles. The maximum absolute atomic E-state index is 13.6. The van der Waals surface area contributed by atoms with Crippen LogP contribution in [0.3, 0.4) is 0 Å². The number of halogens is 1. The van der Waals surface area contributed by atoms with Gasteiger partial charge >= 0.3 is 6.03 Å². The molecule has 2 heterocycles. The lowest BCUT2D eigenvalue weighted by molar-refractivity contribution is -0.123. The number of hydrogen-bond donors (Lipinski definition) is 6. The van der Waals surface area contributed by atoms with Crippen molar-refractivity contribution in [3.63, 3.8) is 0 Å². The Morgan fingerprint density at radius 1 is 0.745 bits per heavy atom. The predicted molar refractivity (Wildman–Crippen MR) is 191 cm³/mol. The third-order valence-electron chi connectivity index (χ3n) is 7.97. The van der Waals surface area contributed by atoms with Gasteiger partial charge in [-0.05, 0) is 44.2 Å².